The summed E-state index contributed by atoms with van der Waals surface area (Å²) < 4.78 is 2.10. The van der Waals surface area contributed by atoms with Gasteiger partial charge in [-0.15, -0.1) is 0 Å². The van der Waals surface area contributed by atoms with Gasteiger partial charge in [0.1, 0.15) is 0 Å². The van der Waals surface area contributed by atoms with E-state index in [1.807, 2.05) is 0 Å². The van der Waals surface area contributed by atoms with Gasteiger partial charge in [-0.1, -0.05) is 15.9 Å². The second-order valence-corrected chi connectivity index (χ2v) is 4.93. The number of aryl methyl sites for hydroxylation is 2. The molecular formula is C10H15BrN2. The fraction of sp³-hybridized carbons (Fsp3) is 0.700. The lowest BCUT2D eigenvalue weighted by molar-refractivity contribution is 0.633. The minimum absolute atomic E-state index is 0.694. The Labute approximate surface area is 87.5 Å². The Morgan fingerprint density at radius 3 is 2.54 bits per heavy atom. The van der Waals surface area contributed by atoms with Crippen LogP contribution in [0.3, 0.4) is 0 Å². The molecule has 1 aliphatic carbocycles. The number of nitrogens with zero attached hydrogens (tertiary/aromatic N) is 2. The molecule has 1 heterocycles. The molecule has 0 spiro atoms. The van der Waals surface area contributed by atoms with Crippen LogP contribution in [0.25, 0.3) is 0 Å². The van der Waals surface area contributed by atoms with Crippen molar-refractivity contribution in [2.45, 2.75) is 44.5 Å². The zero-order chi connectivity index (χ0) is 9.59. The highest BCUT2D eigenvalue weighted by atomic mass is 79.9. The van der Waals surface area contributed by atoms with E-state index in [9.17, 15) is 0 Å². The summed E-state index contributed by atoms with van der Waals surface area (Å²) in [5.41, 5.74) is 4.04. The third kappa shape index (κ3) is 1.43. The number of halogens is 1. The molecule has 1 aromatic heterocycles. The number of hydrogen-bond donors (Lipinski definition) is 0. The predicted molar refractivity (Wildman–Crippen MR) is 57.4 cm³/mol. The van der Waals surface area contributed by atoms with Crippen LogP contribution < -0.4 is 0 Å². The Morgan fingerprint density at radius 2 is 2.15 bits per heavy atom. The molecule has 0 saturated heterocycles. The maximum Gasteiger partial charge on any atom is 0.0631 e. The third-order valence-electron chi connectivity index (χ3n) is 2.82. The Morgan fingerprint density at radius 1 is 1.54 bits per heavy atom. The van der Waals surface area contributed by atoms with E-state index in [1.165, 1.54) is 23.4 Å². The van der Waals surface area contributed by atoms with Crippen LogP contribution in [-0.2, 0) is 6.54 Å². The smallest absolute Gasteiger partial charge is 0.0631 e. The van der Waals surface area contributed by atoms with Crippen LogP contribution in [0.15, 0.2) is 0 Å². The van der Waals surface area contributed by atoms with Crippen LogP contribution in [0.4, 0.5) is 0 Å². The molecule has 2 nitrogen and oxygen atoms in total. The number of rotatable bonds is 2. The van der Waals surface area contributed by atoms with E-state index in [-0.39, 0.29) is 0 Å². The molecule has 1 fully saturated rings. The minimum atomic E-state index is 0.694. The van der Waals surface area contributed by atoms with Gasteiger partial charge >= 0.3 is 0 Å². The summed E-state index contributed by atoms with van der Waals surface area (Å²) in [6.45, 7) is 7.41. The fourth-order valence-corrected chi connectivity index (χ4v) is 2.69. The van der Waals surface area contributed by atoms with E-state index in [0.717, 1.165) is 12.5 Å². The second kappa shape index (κ2) is 3.12. The zero-order valence-corrected chi connectivity index (χ0v) is 9.93. The molecule has 0 aromatic carbocycles. The Hall–Kier alpha value is -0.310. The van der Waals surface area contributed by atoms with Crippen molar-refractivity contribution in [3.63, 3.8) is 0 Å². The molecule has 0 aliphatic heterocycles. The minimum Gasteiger partial charge on any atom is -0.270 e. The summed E-state index contributed by atoms with van der Waals surface area (Å²) in [7, 11) is 0. The summed E-state index contributed by atoms with van der Waals surface area (Å²) >= 11 is 3.65. The van der Waals surface area contributed by atoms with E-state index in [0.29, 0.717) is 4.83 Å². The molecule has 1 aromatic rings. The van der Waals surface area contributed by atoms with Crippen molar-refractivity contribution in [2.24, 2.45) is 0 Å². The van der Waals surface area contributed by atoms with Gasteiger partial charge in [-0.05, 0) is 27.2 Å². The zero-order valence-electron chi connectivity index (χ0n) is 8.34. The van der Waals surface area contributed by atoms with E-state index in [1.54, 1.807) is 0 Å². The molecule has 2 atom stereocenters. The molecule has 13 heavy (non-hydrogen) atoms. The molecule has 2 rings (SSSR count). The first-order valence-electron chi connectivity index (χ1n) is 4.83. The van der Waals surface area contributed by atoms with Crippen LogP contribution in [0.2, 0.25) is 0 Å². The Balaban J connectivity index is 2.39. The van der Waals surface area contributed by atoms with Gasteiger partial charge in [0.25, 0.3) is 0 Å². The van der Waals surface area contributed by atoms with Gasteiger partial charge < -0.3 is 0 Å². The standard InChI is InChI=1S/C10H15BrN2/c1-4-13-7(3)10(6(2)12-13)8-5-9(8)11/h8-9H,4-5H2,1-3H3/t8-,9-/m1/s1. The van der Waals surface area contributed by atoms with Gasteiger partial charge in [-0.3, -0.25) is 4.68 Å². The van der Waals surface area contributed by atoms with Crippen molar-refractivity contribution in [3.8, 4) is 0 Å². The van der Waals surface area contributed by atoms with E-state index in [2.05, 4.69) is 46.5 Å². The summed E-state index contributed by atoms with van der Waals surface area (Å²) in [6, 6.07) is 0. The van der Waals surface area contributed by atoms with Crippen molar-refractivity contribution in [1.29, 1.82) is 0 Å². The lowest BCUT2D eigenvalue weighted by atomic mass is 10.1. The molecule has 72 valence electrons. The largest absolute Gasteiger partial charge is 0.270 e. The Kier molecular flexibility index (Phi) is 2.22. The van der Waals surface area contributed by atoms with Gasteiger partial charge in [0.05, 0.1) is 5.69 Å². The van der Waals surface area contributed by atoms with Crippen LogP contribution in [0.1, 0.15) is 36.2 Å². The van der Waals surface area contributed by atoms with Gasteiger partial charge in [0.2, 0.25) is 0 Å². The average Bonchev–Trinajstić information content (AvgIpc) is 2.70. The van der Waals surface area contributed by atoms with E-state index >= 15 is 0 Å². The van der Waals surface area contributed by atoms with Crippen LogP contribution in [-0.4, -0.2) is 14.6 Å². The van der Waals surface area contributed by atoms with Gasteiger partial charge in [-0.2, -0.15) is 5.10 Å². The maximum absolute atomic E-state index is 4.52. The first kappa shape index (κ1) is 9.25. The van der Waals surface area contributed by atoms with Gasteiger partial charge in [0.15, 0.2) is 0 Å². The van der Waals surface area contributed by atoms with Crippen LogP contribution in [0.5, 0.6) is 0 Å². The molecule has 0 radical (unpaired) electrons. The molecule has 0 unspecified atom stereocenters. The molecule has 3 heteroatoms. The first-order chi connectivity index (χ1) is 6.15. The highest BCUT2D eigenvalue weighted by molar-refractivity contribution is 9.09. The summed E-state index contributed by atoms with van der Waals surface area (Å²) in [6.07, 6.45) is 1.27. The molecular weight excluding hydrogens is 228 g/mol. The molecule has 0 N–H and O–H groups in total. The average molecular weight is 243 g/mol. The van der Waals surface area contributed by atoms with E-state index in [4.69, 9.17) is 0 Å². The summed E-state index contributed by atoms with van der Waals surface area (Å²) in [5, 5.41) is 4.52. The van der Waals surface area contributed by atoms with Crippen molar-refractivity contribution < 1.29 is 0 Å². The highest BCUT2D eigenvalue weighted by Gasteiger charge is 2.39. The predicted octanol–water partition coefficient (Wildman–Crippen LogP) is 2.77. The SMILES string of the molecule is CCn1nc(C)c([C@@H]2C[C@H]2Br)c1C. The lowest BCUT2D eigenvalue weighted by Gasteiger charge is -2.00. The third-order valence-corrected chi connectivity index (χ3v) is 3.83. The van der Waals surface area contributed by atoms with Crippen molar-refractivity contribution in [3.05, 3.63) is 17.0 Å². The van der Waals surface area contributed by atoms with Crippen molar-refractivity contribution in [1.82, 2.24) is 9.78 Å². The quantitative estimate of drug-likeness (QED) is 0.730. The van der Waals surface area contributed by atoms with E-state index < -0.39 is 0 Å². The topological polar surface area (TPSA) is 17.8 Å². The van der Waals surface area contributed by atoms with Crippen LogP contribution >= 0.6 is 15.9 Å². The Bertz CT molecular complexity index is 330. The summed E-state index contributed by atoms with van der Waals surface area (Å²) in [5.74, 6) is 0.722. The highest BCUT2D eigenvalue weighted by Crippen LogP contribution is 2.48. The monoisotopic (exact) mass is 242 g/mol. The number of aromatic nitrogens is 2. The molecule has 0 bridgehead atoms. The number of alkyl halides is 1. The first-order valence-corrected chi connectivity index (χ1v) is 5.74. The number of hydrogen-bond acceptors (Lipinski definition) is 1. The molecule has 1 saturated carbocycles. The molecule has 1 aliphatic rings. The summed E-state index contributed by atoms with van der Waals surface area (Å²) in [4.78, 5) is 0.694. The fourth-order valence-electron chi connectivity index (χ4n) is 2.02. The normalized spacial score (nSPS) is 26.5. The molecule has 0 amide bonds. The maximum atomic E-state index is 4.52. The second-order valence-electron chi connectivity index (χ2n) is 3.76. The van der Waals surface area contributed by atoms with Gasteiger partial charge in [0, 0.05) is 28.5 Å². The van der Waals surface area contributed by atoms with Crippen molar-refractivity contribution in [2.75, 3.05) is 0 Å². The van der Waals surface area contributed by atoms with Crippen LogP contribution in [0, 0.1) is 13.8 Å². The lowest BCUT2D eigenvalue weighted by Crippen LogP contribution is -1.99. The van der Waals surface area contributed by atoms with Gasteiger partial charge in [-0.25, -0.2) is 0 Å². The van der Waals surface area contributed by atoms with Crippen molar-refractivity contribution >= 4 is 15.9 Å².